The van der Waals surface area contributed by atoms with Crippen molar-refractivity contribution in [3.8, 4) is 12.8 Å². The Kier molecular flexibility index (Phi) is 403. The van der Waals surface area contributed by atoms with E-state index in [2.05, 4.69) is 12.8 Å². The van der Waals surface area contributed by atoms with Crippen LogP contribution in [0.15, 0.2) is 0 Å². The average molecular weight is 56.0 g/mol. The van der Waals surface area contributed by atoms with Gasteiger partial charge in [0.15, 0.2) is 0 Å². The van der Waals surface area contributed by atoms with E-state index >= 15 is 0 Å². The van der Waals surface area contributed by atoms with E-state index in [1.54, 1.807) is 0 Å². The van der Waals surface area contributed by atoms with Gasteiger partial charge in [0.05, 0.1) is 0 Å². The van der Waals surface area contributed by atoms with Crippen LogP contribution in [-0.2, 0) is 0 Å². The Morgan fingerprint density at radius 2 is 1.20 bits per heavy atom. The molecule has 2 heteroatoms. The average Bonchev–Trinajstić information content (AvgIpc) is 1.50. The van der Waals surface area contributed by atoms with Crippen molar-refractivity contribution in [2.75, 3.05) is 0 Å². The first-order valence-corrected chi connectivity index (χ1v) is 1.33. The molecule has 0 saturated carbocycles. The van der Waals surface area contributed by atoms with Crippen molar-refractivity contribution in [3.05, 3.63) is 0 Å². The summed E-state index contributed by atoms with van der Waals surface area (Å²) in [5.74, 6) is 0. The van der Waals surface area contributed by atoms with Crippen molar-refractivity contribution in [3.63, 3.8) is 0 Å². The zero-order chi connectivity index (χ0) is 4.00. The van der Waals surface area contributed by atoms with Gasteiger partial charge >= 0.3 is 42.2 Å². The molecule has 0 aromatic carbocycles. The molecule has 0 spiro atoms. The summed E-state index contributed by atoms with van der Waals surface area (Å²) in [5, 5.41) is 0. The molecule has 0 aromatic rings. The van der Waals surface area contributed by atoms with Crippen LogP contribution < -0.4 is 0 Å². The normalized spacial score (nSPS) is 1.80. The van der Waals surface area contributed by atoms with Crippen LogP contribution in [0.4, 0.5) is 0 Å². The van der Waals surface area contributed by atoms with Gasteiger partial charge in [0.25, 0.3) is 0 Å². The van der Waals surface area contributed by atoms with Crippen molar-refractivity contribution in [1.82, 2.24) is 0 Å². The second-order valence-electron chi connectivity index (χ2n) is 0. The Morgan fingerprint density at radius 1 is 1.20 bits per heavy atom. The molecule has 5 heavy (non-hydrogen) atoms. The van der Waals surface area contributed by atoms with Gasteiger partial charge in [-0.05, 0) is 0 Å². The molecule has 0 aliphatic heterocycles. The molecular weight excluding hydrogens is 49.9 g/mol. The van der Waals surface area contributed by atoms with Crippen molar-refractivity contribution in [1.29, 1.82) is 0 Å². The summed E-state index contributed by atoms with van der Waals surface area (Å²) in [6.07, 6.45) is 8.00. The first kappa shape index (κ1) is 17.1. The fourth-order valence-corrected chi connectivity index (χ4v) is 0. The third-order valence-electron chi connectivity index (χ3n) is 0. The predicted molar refractivity (Wildman–Crippen MR) is 28.7 cm³/mol. The summed E-state index contributed by atoms with van der Waals surface area (Å²) in [4.78, 5) is 0. The van der Waals surface area contributed by atoms with Gasteiger partial charge in [-0.1, -0.05) is 0 Å². The molecule has 0 aromatic heterocycles. The Labute approximate surface area is 55.1 Å². The molecular formula is C3H6Li2. The second kappa shape index (κ2) is 118. The SMILES string of the molecule is C#C.[LiH].[Li][CH3]. The van der Waals surface area contributed by atoms with E-state index < -0.39 is 0 Å². The maximum absolute atomic E-state index is 4.00. The standard InChI is InChI=1S/C2H2.CH3.2Li.H/c1-2;;;;/h1-2H;1H3;;;. The van der Waals surface area contributed by atoms with Crippen LogP contribution in [0.25, 0.3) is 0 Å². The zero-order valence-electron chi connectivity index (χ0n) is 3.15. The van der Waals surface area contributed by atoms with Crippen molar-refractivity contribution in [2.45, 2.75) is 5.60 Å². The molecule has 0 unspecified atom stereocenters. The van der Waals surface area contributed by atoms with E-state index in [-0.39, 0.29) is 18.9 Å². The van der Waals surface area contributed by atoms with E-state index in [1.807, 2.05) is 23.3 Å². The van der Waals surface area contributed by atoms with Crippen LogP contribution in [0.5, 0.6) is 0 Å². The quantitative estimate of drug-likeness (QED) is 0.266. The van der Waals surface area contributed by atoms with E-state index in [4.69, 9.17) is 0 Å². The first-order chi connectivity index (χ1) is 2.00. The molecule has 0 nitrogen and oxygen atoms in total. The molecule has 0 aliphatic rings. The van der Waals surface area contributed by atoms with Crippen LogP contribution in [0, 0.1) is 12.8 Å². The summed E-state index contributed by atoms with van der Waals surface area (Å²) < 4.78 is 0. The third kappa shape index (κ3) is 63.3. The number of rotatable bonds is 0. The molecule has 0 aliphatic carbocycles. The topological polar surface area (TPSA) is 0 Å². The molecule has 0 saturated heterocycles. The van der Waals surface area contributed by atoms with Gasteiger partial charge < -0.3 is 0 Å². The Balaban J connectivity index is -0.0000000133. The third-order valence-corrected chi connectivity index (χ3v) is 0. The Morgan fingerprint density at radius 3 is 1.20 bits per heavy atom. The predicted octanol–water partition coefficient (Wildman–Crippen LogP) is -0.196. The van der Waals surface area contributed by atoms with Gasteiger partial charge in [-0.3, -0.25) is 0 Å². The molecule has 0 heterocycles. The first-order valence-electron chi connectivity index (χ1n) is 1.33. The summed E-state index contributed by atoms with van der Waals surface area (Å²) in [6, 6.07) is 0. The van der Waals surface area contributed by atoms with Crippen LogP contribution >= 0.6 is 0 Å². The van der Waals surface area contributed by atoms with Crippen LogP contribution in [-0.4, -0.2) is 36.6 Å². The number of terminal acetylenes is 1. The fraction of sp³-hybridized carbons (Fsp3) is 0.333. The Hall–Kier alpha value is 0.755. The maximum atomic E-state index is 4.00. The van der Waals surface area contributed by atoms with Crippen molar-refractivity contribution in [2.24, 2.45) is 0 Å². The second-order valence-corrected chi connectivity index (χ2v) is 0. The molecule has 0 bridgehead atoms. The molecule has 0 radical (unpaired) electrons. The van der Waals surface area contributed by atoms with E-state index in [9.17, 15) is 0 Å². The van der Waals surface area contributed by atoms with Gasteiger partial charge in [0.2, 0.25) is 0 Å². The summed E-state index contributed by atoms with van der Waals surface area (Å²) in [5.41, 5.74) is 2.00. The van der Waals surface area contributed by atoms with Crippen molar-refractivity contribution < 1.29 is 0 Å². The molecule has 0 rings (SSSR count). The van der Waals surface area contributed by atoms with Crippen LogP contribution in [0.3, 0.4) is 0 Å². The van der Waals surface area contributed by atoms with Gasteiger partial charge in [0, 0.05) is 0 Å². The van der Waals surface area contributed by atoms with Gasteiger partial charge in [-0.2, -0.15) is 0 Å². The molecule has 0 atom stereocenters. The van der Waals surface area contributed by atoms with Gasteiger partial charge in [-0.15, -0.1) is 12.8 Å². The summed E-state index contributed by atoms with van der Waals surface area (Å²) in [6.45, 7) is 0. The van der Waals surface area contributed by atoms with E-state index in [0.29, 0.717) is 0 Å². The monoisotopic (exact) mass is 56.1 g/mol. The van der Waals surface area contributed by atoms with Crippen LogP contribution in [0.1, 0.15) is 0 Å². The minimum absolute atomic E-state index is 0. The zero-order valence-corrected chi connectivity index (χ0v) is 3.15. The van der Waals surface area contributed by atoms with Crippen LogP contribution in [0.2, 0.25) is 5.60 Å². The molecule has 20 valence electrons. The molecule has 0 N–H and O–H groups in total. The van der Waals surface area contributed by atoms with E-state index in [1.165, 1.54) is 0 Å². The Bertz CT molecular complexity index is 9.61. The summed E-state index contributed by atoms with van der Waals surface area (Å²) >= 11 is 2.00. The number of hydrogen-bond acceptors (Lipinski definition) is 0. The minimum atomic E-state index is 0. The molecule has 0 amide bonds. The van der Waals surface area contributed by atoms with Crippen molar-refractivity contribution >= 4 is 36.6 Å². The van der Waals surface area contributed by atoms with Gasteiger partial charge in [0.1, 0.15) is 0 Å². The fourth-order valence-electron chi connectivity index (χ4n) is 0. The van der Waals surface area contributed by atoms with Gasteiger partial charge in [-0.25, -0.2) is 0 Å². The molecule has 0 fully saturated rings. The van der Waals surface area contributed by atoms with E-state index in [0.717, 1.165) is 0 Å². The summed E-state index contributed by atoms with van der Waals surface area (Å²) in [7, 11) is 0. The number of hydrogen-bond donors (Lipinski definition) is 0.